The molecule has 1 saturated heterocycles. The van der Waals surface area contributed by atoms with Crippen molar-refractivity contribution >= 4 is 23.2 Å². The molecule has 1 heterocycles. The number of ether oxygens (including phenoxy) is 2. The van der Waals surface area contributed by atoms with Crippen molar-refractivity contribution in [2.45, 2.75) is 51.7 Å². The first-order chi connectivity index (χ1) is 13.5. The molecule has 1 aliphatic rings. The standard InChI is InChI=1S/C23H24ClFO4/c1-6-28-18-10-7-13(15-9-8-14(24)12-17(15)25)11-16(18)19-20(26)22(2,3)29-23(4,5)21(19)27/h7-12,19H,6H2,1-5H3. The molecule has 1 aliphatic heterocycles. The Balaban J connectivity index is 2.20. The summed E-state index contributed by atoms with van der Waals surface area (Å²) in [7, 11) is 0. The molecule has 0 aliphatic carbocycles. The largest absolute Gasteiger partial charge is 0.494 e. The van der Waals surface area contributed by atoms with Crippen LogP contribution >= 0.6 is 11.6 Å². The number of halogens is 2. The second kappa shape index (κ2) is 7.54. The fourth-order valence-corrected chi connectivity index (χ4v) is 3.95. The van der Waals surface area contributed by atoms with E-state index in [2.05, 4.69) is 0 Å². The smallest absolute Gasteiger partial charge is 0.179 e. The third kappa shape index (κ3) is 3.94. The lowest BCUT2D eigenvalue weighted by Crippen LogP contribution is -2.57. The van der Waals surface area contributed by atoms with Gasteiger partial charge in [0.05, 0.1) is 6.61 Å². The normalized spacial score (nSPS) is 18.7. The zero-order valence-electron chi connectivity index (χ0n) is 17.1. The first-order valence-corrected chi connectivity index (χ1v) is 9.86. The maximum Gasteiger partial charge on any atom is 0.179 e. The number of carbonyl (C=O) groups is 2. The zero-order chi connectivity index (χ0) is 21.6. The number of rotatable bonds is 4. The molecule has 0 amide bonds. The minimum atomic E-state index is -1.15. The molecule has 0 N–H and O–H groups in total. The predicted octanol–water partition coefficient (Wildman–Crippen LogP) is 5.35. The molecule has 2 aromatic rings. The molecule has 6 heteroatoms. The highest BCUT2D eigenvalue weighted by Crippen LogP contribution is 2.42. The van der Waals surface area contributed by atoms with E-state index in [1.54, 1.807) is 58.0 Å². The second-order valence-electron chi connectivity index (χ2n) is 8.09. The fraction of sp³-hybridized carbons (Fsp3) is 0.391. The van der Waals surface area contributed by atoms with Crippen molar-refractivity contribution in [1.29, 1.82) is 0 Å². The Morgan fingerprint density at radius 1 is 1.03 bits per heavy atom. The molecule has 0 spiro atoms. The van der Waals surface area contributed by atoms with Gasteiger partial charge in [-0.1, -0.05) is 17.7 Å². The quantitative estimate of drug-likeness (QED) is 0.627. The molecule has 29 heavy (non-hydrogen) atoms. The van der Waals surface area contributed by atoms with Gasteiger partial charge in [-0.15, -0.1) is 0 Å². The lowest BCUT2D eigenvalue weighted by atomic mass is 9.74. The molecule has 0 unspecified atom stereocenters. The van der Waals surface area contributed by atoms with E-state index >= 15 is 0 Å². The van der Waals surface area contributed by atoms with Gasteiger partial charge in [-0.05, 0) is 70.5 Å². The molecule has 3 rings (SSSR count). The predicted molar refractivity (Wildman–Crippen MR) is 110 cm³/mol. The molecular formula is C23H24ClFO4. The number of carbonyl (C=O) groups excluding carboxylic acids is 2. The molecule has 4 nitrogen and oxygen atoms in total. The molecular weight excluding hydrogens is 395 g/mol. The van der Waals surface area contributed by atoms with Gasteiger partial charge in [-0.2, -0.15) is 0 Å². The fourth-order valence-electron chi connectivity index (χ4n) is 3.79. The Morgan fingerprint density at radius 3 is 2.21 bits per heavy atom. The van der Waals surface area contributed by atoms with Crippen molar-refractivity contribution in [3.63, 3.8) is 0 Å². The van der Waals surface area contributed by atoms with E-state index < -0.39 is 22.9 Å². The van der Waals surface area contributed by atoms with E-state index in [1.807, 2.05) is 6.92 Å². The highest BCUT2D eigenvalue weighted by Gasteiger charge is 2.53. The highest BCUT2D eigenvalue weighted by atomic mass is 35.5. The molecule has 0 bridgehead atoms. The van der Waals surface area contributed by atoms with Crippen molar-refractivity contribution in [2.75, 3.05) is 6.61 Å². The van der Waals surface area contributed by atoms with Crippen molar-refractivity contribution in [3.05, 3.63) is 52.8 Å². The van der Waals surface area contributed by atoms with Gasteiger partial charge in [0.25, 0.3) is 0 Å². The van der Waals surface area contributed by atoms with E-state index in [0.29, 0.717) is 29.0 Å². The van der Waals surface area contributed by atoms with Crippen LogP contribution in [0.15, 0.2) is 36.4 Å². The summed E-state index contributed by atoms with van der Waals surface area (Å²) in [4.78, 5) is 26.3. The average molecular weight is 419 g/mol. The van der Waals surface area contributed by atoms with Crippen LogP contribution in [-0.4, -0.2) is 29.4 Å². The summed E-state index contributed by atoms with van der Waals surface area (Å²) >= 11 is 5.86. The third-order valence-corrected chi connectivity index (χ3v) is 5.32. The van der Waals surface area contributed by atoms with Crippen LogP contribution in [-0.2, 0) is 14.3 Å². The maximum atomic E-state index is 14.5. The van der Waals surface area contributed by atoms with Crippen LogP contribution in [0, 0.1) is 5.82 Å². The lowest BCUT2D eigenvalue weighted by Gasteiger charge is -2.42. The van der Waals surface area contributed by atoms with Gasteiger partial charge in [0.15, 0.2) is 11.6 Å². The number of hydrogen-bond donors (Lipinski definition) is 0. The SMILES string of the molecule is CCOc1ccc(-c2ccc(Cl)cc2F)cc1C1C(=O)C(C)(C)OC(C)(C)C1=O. The van der Waals surface area contributed by atoms with E-state index in [-0.39, 0.29) is 16.6 Å². The van der Waals surface area contributed by atoms with Crippen LogP contribution in [0.3, 0.4) is 0 Å². The van der Waals surface area contributed by atoms with Crippen LogP contribution in [0.25, 0.3) is 11.1 Å². The average Bonchev–Trinajstić information content (AvgIpc) is 2.61. The molecule has 0 saturated carbocycles. The first kappa shape index (κ1) is 21.5. The molecule has 0 aromatic heterocycles. The monoisotopic (exact) mass is 418 g/mol. The topological polar surface area (TPSA) is 52.6 Å². The van der Waals surface area contributed by atoms with Gasteiger partial charge in [0.2, 0.25) is 0 Å². The number of ketones is 2. The van der Waals surface area contributed by atoms with Crippen molar-refractivity contribution in [2.24, 2.45) is 0 Å². The molecule has 154 valence electrons. The van der Waals surface area contributed by atoms with Gasteiger partial charge in [-0.3, -0.25) is 9.59 Å². The van der Waals surface area contributed by atoms with Crippen LogP contribution in [0.5, 0.6) is 5.75 Å². The maximum absolute atomic E-state index is 14.5. The Morgan fingerprint density at radius 2 is 1.66 bits per heavy atom. The summed E-state index contributed by atoms with van der Waals surface area (Å²) in [6.45, 7) is 8.79. The van der Waals surface area contributed by atoms with Crippen molar-refractivity contribution in [1.82, 2.24) is 0 Å². The number of hydrogen-bond acceptors (Lipinski definition) is 4. The Labute approximate surface area is 175 Å². The van der Waals surface area contributed by atoms with E-state index in [1.165, 1.54) is 6.07 Å². The first-order valence-electron chi connectivity index (χ1n) is 9.49. The van der Waals surface area contributed by atoms with Gasteiger partial charge in [0.1, 0.15) is 28.7 Å². The zero-order valence-corrected chi connectivity index (χ0v) is 17.9. The molecule has 0 radical (unpaired) electrons. The summed E-state index contributed by atoms with van der Waals surface area (Å²) < 4.78 is 26.0. The molecule has 1 fully saturated rings. The van der Waals surface area contributed by atoms with E-state index in [4.69, 9.17) is 21.1 Å². The number of Topliss-reactive ketones (excluding diaryl/α,β-unsaturated/α-hetero) is 2. The lowest BCUT2D eigenvalue weighted by molar-refractivity contribution is -0.184. The van der Waals surface area contributed by atoms with Gasteiger partial charge in [0, 0.05) is 16.1 Å². The molecule has 0 atom stereocenters. The minimum Gasteiger partial charge on any atom is -0.494 e. The van der Waals surface area contributed by atoms with Gasteiger partial charge >= 0.3 is 0 Å². The van der Waals surface area contributed by atoms with Gasteiger partial charge < -0.3 is 9.47 Å². The van der Waals surface area contributed by atoms with Crippen LogP contribution in [0.2, 0.25) is 5.02 Å². The Kier molecular flexibility index (Phi) is 5.58. The summed E-state index contributed by atoms with van der Waals surface area (Å²) in [5, 5.41) is 0.288. The van der Waals surface area contributed by atoms with E-state index in [9.17, 15) is 14.0 Å². The van der Waals surface area contributed by atoms with Gasteiger partial charge in [-0.25, -0.2) is 4.39 Å². The summed E-state index contributed by atoms with van der Waals surface area (Å²) in [5.41, 5.74) is -1.03. The van der Waals surface area contributed by atoms with E-state index in [0.717, 1.165) is 0 Å². The second-order valence-corrected chi connectivity index (χ2v) is 8.53. The van der Waals surface area contributed by atoms with Crippen molar-refractivity contribution in [3.8, 4) is 16.9 Å². The van der Waals surface area contributed by atoms with Crippen LogP contribution in [0.4, 0.5) is 4.39 Å². The number of benzene rings is 2. The van der Waals surface area contributed by atoms with Crippen LogP contribution < -0.4 is 4.74 Å². The summed E-state index contributed by atoms with van der Waals surface area (Å²) in [5.74, 6) is -1.83. The molecule has 2 aromatic carbocycles. The highest BCUT2D eigenvalue weighted by molar-refractivity contribution is 6.30. The summed E-state index contributed by atoms with van der Waals surface area (Å²) in [6, 6.07) is 9.40. The minimum absolute atomic E-state index is 0.288. The van der Waals surface area contributed by atoms with Crippen LogP contribution in [0.1, 0.15) is 46.1 Å². The summed E-state index contributed by atoms with van der Waals surface area (Å²) in [6.07, 6.45) is 0. The third-order valence-electron chi connectivity index (χ3n) is 5.08. The van der Waals surface area contributed by atoms with Crippen molar-refractivity contribution < 1.29 is 23.5 Å². The Hall–Kier alpha value is -2.24. The Bertz CT molecular complexity index is 955.